The predicted octanol–water partition coefficient (Wildman–Crippen LogP) is 3.65. The number of rotatable bonds is 5. The van der Waals surface area contributed by atoms with E-state index in [2.05, 4.69) is 12.2 Å². The van der Waals surface area contributed by atoms with E-state index in [1.54, 1.807) is 12.1 Å². The van der Waals surface area contributed by atoms with E-state index < -0.39 is 11.7 Å². The molecule has 0 bridgehead atoms. The highest BCUT2D eigenvalue weighted by atomic mass is 19.4. The normalized spacial score (nSPS) is 24.2. The molecule has 0 amide bonds. The zero-order valence-electron chi connectivity index (χ0n) is 12.4. The molecule has 3 atom stereocenters. The van der Waals surface area contributed by atoms with E-state index in [9.17, 15) is 13.2 Å². The van der Waals surface area contributed by atoms with E-state index >= 15 is 0 Å². The third kappa shape index (κ3) is 4.45. The van der Waals surface area contributed by atoms with Crippen molar-refractivity contribution in [2.24, 2.45) is 5.92 Å². The maximum absolute atomic E-state index is 12.6. The number of hydrogen-bond donors (Lipinski definition) is 1. The Morgan fingerprint density at radius 1 is 1.29 bits per heavy atom. The lowest BCUT2D eigenvalue weighted by molar-refractivity contribution is -0.137. The van der Waals surface area contributed by atoms with Crippen molar-refractivity contribution in [2.75, 3.05) is 13.2 Å². The number of ether oxygens (including phenoxy) is 1. The Kier molecular flexibility index (Phi) is 5.27. The minimum absolute atomic E-state index is 0.247. The van der Waals surface area contributed by atoms with Crippen LogP contribution in [0.2, 0.25) is 0 Å². The van der Waals surface area contributed by atoms with Gasteiger partial charge in [0.05, 0.1) is 18.3 Å². The minimum atomic E-state index is -4.27. The fourth-order valence-electron chi connectivity index (χ4n) is 2.88. The molecule has 1 aromatic rings. The summed E-state index contributed by atoms with van der Waals surface area (Å²) in [4.78, 5) is 0. The monoisotopic (exact) mass is 301 g/mol. The lowest BCUT2D eigenvalue weighted by atomic mass is 9.91. The van der Waals surface area contributed by atoms with Crippen molar-refractivity contribution in [3.63, 3.8) is 0 Å². The van der Waals surface area contributed by atoms with Gasteiger partial charge in [-0.1, -0.05) is 19.1 Å². The maximum atomic E-state index is 12.6. The molecule has 1 N–H and O–H groups in total. The molecular weight excluding hydrogens is 279 g/mol. The summed E-state index contributed by atoms with van der Waals surface area (Å²) >= 11 is 0. The largest absolute Gasteiger partial charge is 0.416 e. The molecule has 1 aliphatic rings. The van der Waals surface area contributed by atoms with Gasteiger partial charge in [-0.2, -0.15) is 13.2 Å². The molecular formula is C16H22F3NO. The molecule has 0 saturated carbocycles. The van der Waals surface area contributed by atoms with Gasteiger partial charge in [-0.25, -0.2) is 0 Å². The van der Waals surface area contributed by atoms with Crippen LogP contribution in [0.4, 0.5) is 13.2 Å². The Balaban J connectivity index is 2.03. The van der Waals surface area contributed by atoms with E-state index in [4.69, 9.17) is 4.74 Å². The van der Waals surface area contributed by atoms with Crippen molar-refractivity contribution < 1.29 is 17.9 Å². The van der Waals surface area contributed by atoms with E-state index in [0.29, 0.717) is 5.92 Å². The number of halogens is 3. The molecule has 3 unspecified atom stereocenters. The molecule has 1 heterocycles. The summed E-state index contributed by atoms with van der Waals surface area (Å²) in [5.74, 6) is 0.419. The number of alkyl halides is 3. The highest BCUT2D eigenvalue weighted by Crippen LogP contribution is 2.30. The summed E-state index contributed by atoms with van der Waals surface area (Å²) in [6, 6.07) is 5.72. The van der Waals surface area contributed by atoms with Gasteiger partial charge >= 0.3 is 6.18 Å². The van der Waals surface area contributed by atoms with Crippen molar-refractivity contribution >= 4 is 0 Å². The Bertz CT molecular complexity index is 444. The molecule has 2 rings (SSSR count). The van der Waals surface area contributed by atoms with Gasteiger partial charge in [-0.3, -0.25) is 0 Å². The van der Waals surface area contributed by atoms with Crippen LogP contribution in [0.5, 0.6) is 0 Å². The Morgan fingerprint density at radius 3 is 2.43 bits per heavy atom. The maximum Gasteiger partial charge on any atom is 0.416 e. The summed E-state index contributed by atoms with van der Waals surface area (Å²) in [6.45, 7) is 5.66. The second-order valence-electron chi connectivity index (χ2n) is 5.70. The molecule has 5 heteroatoms. The first-order chi connectivity index (χ1) is 9.90. The number of benzene rings is 1. The molecule has 0 spiro atoms. The van der Waals surface area contributed by atoms with Gasteiger partial charge in [-0.05, 0) is 44.0 Å². The lowest BCUT2D eigenvalue weighted by Gasteiger charge is -2.23. The molecule has 2 nitrogen and oxygen atoms in total. The van der Waals surface area contributed by atoms with Crippen LogP contribution in [-0.2, 0) is 17.3 Å². The van der Waals surface area contributed by atoms with Gasteiger partial charge in [0.2, 0.25) is 0 Å². The summed E-state index contributed by atoms with van der Waals surface area (Å²) in [5.41, 5.74) is 0.331. The molecule has 118 valence electrons. The van der Waals surface area contributed by atoms with Crippen LogP contribution in [0.15, 0.2) is 24.3 Å². The second-order valence-corrected chi connectivity index (χ2v) is 5.70. The van der Waals surface area contributed by atoms with Crippen molar-refractivity contribution in [3.8, 4) is 0 Å². The fourth-order valence-corrected chi connectivity index (χ4v) is 2.88. The molecule has 1 fully saturated rings. The first-order valence-corrected chi connectivity index (χ1v) is 7.41. The van der Waals surface area contributed by atoms with Gasteiger partial charge in [0.1, 0.15) is 0 Å². The van der Waals surface area contributed by atoms with Gasteiger partial charge < -0.3 is 10.1 Å². The van der Waals surface area contributed by atoms with Gasteiger partial charge in [0.15, 0.2) is 0 Å². The summed E-state index contributed by atoms with van der Waals surface area (Å²) in [6.07, 6.45) is -2.27. The molecule has 21 heavy (non-hydrogen) atoms. The second kappa shape index (κ2) is 6.79. The molecule has 1 aromatic carbocycles. The number of hydrogen-bond acceptors (Lipinski definition) is 2. The van der Waals surface area contributed by atoms with E-state index in [-0.39, 0.29) is 12.1 Å². The van der Waals surface area contributed by atoms with Crippen molar-refractivity contribution in [1.82, 2.24) is 5.32 Å². The Morgan fingerprint density at radius 2 is 1.95 bits per heavy atom. The van der Waals surface area contributed by atoms with Crippen molar-refractivity contribution in [2.45, 2.75) is 45.0 Å². The predicted molar refractivity (Wildman–Crippen MR) is 76.1 cm³/mol. The quantitative estimate of drug-likeness (QED) is 0.896. The third-order valence-corrected chi connectivity index (χ3v) is 4.00. The molecule has 0 aliphatic carbocycles. The standard InChI is InChI=1S/C16H22F3NO/c1-3-20-15(13-8-11(2)21-10-13)9-12-4-6-14(7-5-12)16(17,18)19/h4-7,11,13,15,20H,3,8-10H2,1-2H3. The summed E-state index contributed by atoms with van der Waals surface area (Å²) in [5, 5.41) is 3.44. The highest BCUT2D eigenvalue weighted by Gasteiger charge is 2.31. The fraction of sp³-hybridized carbons (Fsp3) is 0.625. The van der Waals surface area contributed by atoms with Crippen LogP contribution in [0.25, 0.3) is 0 Å². The highest BCUT2D eigenvalue weighted by molar-refractivity contribution is 5.25. The van der Waals surface area contributed by atoms with Gasteiger partial charge in [0, 0.05) is 12.0 Å². The van der Waals surface area contributed by atoms with Crippen LogP contribution in [0.3, 0.4) is 0 Å². The van der Waals surface area contributed by atoms with Gasteiger partial charge in [-0.15, -0.1) is 0 Å². The van der Waals surface area contributed by atoms with Gasteiger partial charge in [0.25, 0.3) is 0 Å². The van der Waals surface area contributed by atoms with Crippen LogP contribution >= 0.6 is 0 Å². The molecule has 1 aliphatic heterocycles. The first kappa shape index (κ1) is 16.3. The zero-order chi connectivity index (χ0) is 15.5. The average Bonchev–Trinajstić information content (AvgIpc) is 2.84. The van der Waals surface area contributed by atoms with E-state index in [1.165, 1.54) is 0 Å². The topological polar surface area (TPSA) is 21.3 Å². The van der Waals surface area contributed by atoms with E-state index in [0.717, 1.165) is 43.7 Å². The minimum Gasteiger partial charge on any atom is -0.378 e. The van der Waals surface area contributed by atoms with Crippen LogP contribution < -0.4 is 5.32 Å². The first-order valence-electron chi connectivity index (χ1n) is 7.41. The smallest absolute Gasteiger partial charge is 0.378 e. The molecule has 0 radical (unpaired) electrons. The molecule has 0 aromatic heterocycles. The third-order valence-electron chi connectivity index (χ3n) is 4.00. The number of likely N-dealkylation sites (N-methyl/N-ethyl adjacent to an activating group) is 1. The van der Waals surface area contributed by atoms with Crippen LogP contribution in [0, 0.1) is 5.92 Å². The zero-order valence-corrected chi connectivity index (χ0v) is 12.4. The van der Waals surface area contributed by atoms with E-state index in [1.807, 2.05) is 6.92 Å². The van der Waals surface area contributed by atoms with Crippen LogP contribution in [0.1, 0.15) is 31.4 Å². The summed E-state index contributed by atoms with van der Waals surface area (Å²) in [7, 11) is 0. The van der Waals surface area contributed by atoms with Crippen molar-refractivity contribution in [1.29, 1.82) is 0 Å². The summed E-state index contributed by atoms with van der Waals surface area (Å²) < 4.78 is 43.3. The number of nitrogens with one attached hydrogen (secondary N) is 1. The average molecular weight is 301 g/mol. The lowest BCUT2D eigenvalue weighted by Crippen LogP contribution is -2.38. The Hall–Kier alpha value is -1.07. The SMILES string of the molecule is CCNC(Cc1ccc(C(F)(F)F)cc1)C1COC(C)C1. The van der Waals surface area contributed by atoms with Crippen LogP contribution in [-0.4, -0.2) is 25.3 Å². The Labute approximate surface area is 123 Å². The molecule has 1 saturated heterocycles. The van der Waals surface area contributed by atoms with Crippen molar-refractivity contribution in [3.05, 3.63) is 35.4 Å².